The van der Waals surface area contributed by atoms with Crippen molar-refractivity contribution in [3.05, 3.63) is 78.1 Å². The number of nitrogens with zero attached hydrogens (tertiary/aromatic N) is 2. The highest BCUT2D eigenvalue weighted by Crippen LogP contribution is 2.38. The van der Waals surface area contributed by atoms with E-state index in [0.717, 1.165) is 35.6 Å². The molecule has 3 aromatic carbocycles. The van der Waals surface area contributed by atoms with Crippen LogP contribution >= 0.6 is 0 Å². The molecule has 0 aliphatic heterocycles. The number of carbonyl (C=O) groups excluding carboxylic acids is 1. The number of aromatic nitrogens is 2. The Morgan fingerprint density at radius 2 is 1.61 bits per heavy atom. The van der Waals surface area contributed by atoms with Gasteiger partial charge in [-0.15, -0.1) is 0 Å². The third kappa shape index (κ3) is 5.71. The molecule has 0 aliphatic rings. The van der Waals surface area contributed by atoms with Crippen LogP contribution in [0.15, 0.2) is 66.7 Å². The summed E-state index contributed by atoms with van der Waals surface area (Å²) in [6, 6.07) is 21.1. The van der Waals surface area contributed by atoms with Gasteiger partial charge in [-0.05, 0) is 42.8 Å². The first-order valence-electron chi connectivity index (χ1n) is 11.8. The Labute approximate surface area is 210 Å². The molecule has 0 bridgehead atoms. The molecule has 0 fully saturated rings. The van der Waals surface area contributed by atoms with Crippen LogP contribution in [0.1, 0.15) is 22.6 Å². The molecule has 0 unspecified atom stereocenters. The van der Waals surface area contributed by atoms with E-state index in [1.54, 1.807) is 12.1 Å². The molecular weight excluding hydrogens is 458 g/mol. The van der Waals surface area contributed by atoms with Crippen molar-refractivity contribution < 1.29 is 23.7 Å². The number of amides is 1. The Morgan fingerprint density at radius 1 is 0.917 bits per heavy atom. The van der Waals surface area contributed by atoms with Gasteiger partial charge in [-0.1, -0.05) is 30.3 Å². The van der Waals surface area contributed by atoms with Crippen molar-refractivity contribution in [1.29, 1.82) is 0 Å². The zero-order valence-electron chi connectivity index (χ0n) is 20.8. The summed E-state index contributed by atoms with van der Waals surface area (Å²) in [6.07, 6.45) is 1.42. The predicted molar refractivity (Wildman–Crippen MR) is 138 cm³/mol. The standard InChI is InChI=1S/C28H31N3O5/c1-33-24-18-20(19-25(34-2)27(24)35-3)28(32)29-15-14-26-30-22-12-7-8-13-23(22)31(26)16-9-17-36-21-10-5-4-6-11-21/h4-8,10-13,18-19H,9,14-17H2,1-3H3,(H,29,32). The fourth-order valence-electron chi connectivity index (χ4n) is 4.10. The maximum absolute atomic E-state index is 12.9. The number of nitrogens with one attached hydrogen (secondary N) is 1. The molecule has 1 N–H and O–H groups in total. The highest BCUT2D eigenvalue weighted by Gasteiger charge is 2.17. The number of aryl methyl sites for hydroxylation is 1. The van der Waals surface area contributed by atoms with Crippen LogP contribution in [0.2, 0.25) is 0 Å². The lowest BCUT2D eigenvalue weighted by Crippen LogP contribution is -2.26. The third-order valence-electron chi connectivity index (χ3n) is 5.83. The van der Waals surface area contributed by atoms with E-state index in [-0.39, 0.29) is 5.91 Å². The molecule has 8 nitrogen and oxygen atoms in total. The summed E-state index contributed by atoms with van der Waals surface area (Å²) in [5, 5.41) is 2.98. The Balaban J connectivity index is 1.41. The zero-order valence-corrected chi connectivity index (χ0v) is 20.8. The normalized spacial score (nSPS) is 10.8. The lowest BCUT2D eigenvalue weighted by Gasteiger charge is -2.14. The Morgan fingerprint density at radius 3 is 2.31 bits per heavy atom. The Hall–Kier alpha value is -4.20. The summed E-state index contributed by atoms with van der Waals surface area (Å²) < 4.78 is 24.1. The van der Waals surface area contributed by atoms with Crippen molar-refractivity contribution in [2.45, 2.75) is 19.4 Å². The van der Waals surface area contributed by atoms with Gasteiger partial charge in [0.25, 0.3) is 5.91 Å². The zero-order chi connectivity index (χ0) is 25.3. The molecule has 0 atom stereocenters. The van der Waals surface area contributed by atoms with Gasteiger partial charge in [0.2, 0.25) is 5.75 Å². The number of methoxy groups -OCH3 is 3. The smallest absolute Gasteiger partial charge is 0.251 e. The van der Waals surface area contributed by atoms with E-state index in [1.807, 2.05) is 48.5 Å². The number of hydrogen-bond acceptors (Lipinski definition) is 6. The fourth-order valence-corrected chi connectivity index (χ4v) is 4.10. The first kappa shape index (κ1) is 24.9. The summed E-state index contributed by atoms with van der Waals surface area (Å²) in [5.41, 5.74) is 2.44. The number of imidazole rings is 1. The summed E-state index contributed by atoms with van der Waals surface area (Å²) >= 11 is 0. The maximum atomic E-state index is 12.9. The van der Waals surface area contributed by atoms with Crippen molar-refractivity contribution in [3.63, 3.8) is 0 Å². The first-order valence-corrected chi connectivity index (χ1v) is 11.8. The molecular formula is C28H31N3O5. The summed E-state index contributed by atoms with van der Waals surface area (Å²) in [4.78, 5) is 17.7. The number of hydrogen-bond donors (Lipinski definition) is 1. The lowest BCUT2D eigenvalue weighted by atomic mass is 10.1. The van der Waals surface area contributed by atoms with Crippen molar-refractivity contribution in [1.82, 2.24) is 14.9 Å². The number of carbonyl (C=O) groups is 1. The van der Waals surface area contributed by atoms with Crippen molar-refractivity contribution in [3.8, 4) is 23.0 Å². The molecule has 4 rings (SSSR count). The van der Waals surface area contributed by atoms with Crippen molar-refractivity contribution in [2.24, 2.45) is 0 Å². The van der Waals surface area contributed by atoms with Crippen LogP contribution in [-0.4, -0.2) is 49.9 Å². The molecule has 1 heterocycles. The second kappa shape index (κ2) is 12.0. The van der Waals surface area contributed by atoms with Crippen LogP contribution in [0.5, 0.6) is 23.0 Å². The van der Waals surface area contributed by atoms with Gasteiger partial charge in [0.15, 0.2) is 11.5 Å². The van der Waals surface area contributed by atoms with Gasteiger partial charge in [-0.2, -0.15) is 0 Å². The van der Waals surface area contributed by atoms with E-state index >= 15 is 0 Å². The molecule has 8 heteroatoms. The highest BCUT2D eigenvalue weighted by molar-refractivity contribution is 5.95. The van der Waals surface area contributed by atoms with E-state index in [0.29, 0.717) is 42.4 Å². The molecule has 4 aromatic rings. The van der Waals surface area contributed by atoms with Gasteiger partial charge in [-0.3, -0.25) is 4.79 Å². The number of fused-ring (bicyclic) bond motifs is 1. The second-order valence-electron chi connectivity index (χ2n) is 8.10. The first-order chi connectivity index (χ1) is 17.6. The number of para-hydroxylation sites is 3. The largest absolute Gasteiger partial charge is 0.494 e. The van der Waals surface area contributed by atoms with E-state index in [1.165, 1.54) is 21.3 Å². The fraction of sp³-hybridized carbons (Fsp3) is 0.286. The van der Waals surface area contributed by atoms with E-state index < -0.39 is 0 Å². The van der Waals surface area contributed by atoms with Gasteiger partial charge in [0, 0.05) is 25.1 Å². The topological polar surface area (TPSA) is 83.8 Å². The van der Waals surface area contributed by atoms with Gasteiger partial charge in [-0.25, -0.2) is 4.98 Å². The highest BCUT2D eigenvalue weighted by atomic mass is 16.5. The minimum atomic E-state index is -0.229. The molecule has 0 saturated heterocycles. The van der Waals surface area contributed by atoms with Crippen LogP contribution in [-0.2, 0) is 13.0 Å². The van der Waals surface area contributed by atoms with Crippen LogP contribution < -0.4 is 24.3 Å². The molecule has 36 heavy (non-hydrogen) atoms. The number of benzene rings is 3. The third-order valence-corrected chi connectivity index (χ3v) is 5.83. The molecule has 0 spiro atoms. The monoisotopic (exact) mass is 489 g/mol. The molecule has 0 radical (unpaired) electrons. The maximum Gasteiger partial charge on any atom is 0.251 e. The van der Waals surface area contributed by atoms with Crippen molar-refractivity contribution >= 4 is 16.9 Å². The predicted octanol–water partition coefficient (Wildman–Crippen LogP) is 4.50. The quantitative estimate of drug-likeness (QED) is 0.295. The minimum absolute atomic E-state index is 0.229. The van der Waals surface area contributed by atoms with Crippen LogP contribution in [0.25, 0.3) is 11.0 Å². The minimum Gasteiger partial charge on any atom is -0.494 e. The van der Waals surface area contributed by atoms with E-state index in [9.17, 15) is 4.79 Å². The Bertz CT molecular complexity index is 1280. The van der Waals surface area contributed by atoms with Crippen LogP contribution in [0.3, 0.4) is 0 Å². The average molecular weight is 490 g/mol. The van der Waals surface area contributed by atoms with Gasteiger partial charge in [0.05, 0.1) is 39.0 Å². The molecule has 188 valence electrons. The van der Waals surface area contributed by atoms with Gasteiger partial charge >= 0.3 is 0 Å². The number of rotatable bonds is 12. The molecule has 1 amide bonds. The van der Waals surface area contributed by atoms with Crippen molar-refractivity contribution in [2.75, 3.05) is 34.5 Å². The van der Waals surface area contributed by atoms with E-state index in [4.69, 9.17) is 23.9 Å². The van der Waals surface area contributed by atoms with E-state index in [2.05, 4.69) is 16.0 Å². The van der Waals surface area contributed by atoms with Gasteiger partial charge < -0.3 is 28.8 Å². The second-order valence-corrected chi connectivity index (χ2v) is 8.10. The van der Waals surface area contributed by atoms with Crippen LogP contribution in [0, 0.1) is 0 Å². The molecule has 1 aromatic heterocycles. The van der Waals surface area contributed by atoms with Gasteiger partial charge in [0.1, 0.15) is 11.6 Å². The summed E-state index contributed by atoms with van der Waals surface area (Å²) in [7, 11) is 4.57. The lowest BCUT2D eigenvalue weighted by molar-refractivity contribution is 0.0953. The molecule has 0 aliphatic carbocycles. The number of ether oxygens (including phenoxy) is 4. The summed E-state index contributed by atoms with van der Waals surface area (Å²) in [6.45, 7) is 1.80. The Kier molecular flexibility index (Phi) is 8.28. The average Bonchev–Trinajstić information content (AvgIpc) is 3.27. The summed E-state index contributed by atoms with van der Waals surface area (Å²) in [5.74, 6) is 2.86. The molecule has 0 saturated carbocycles. The SMILES string of the molecule is COc1cc(C(=O)NCCc2nc3ccccc3n2CCCOc2ccccc2)cc(OC)c1OC. The van der Waals surface area contributed by atoms with Crippen LogP contribution in [0.4, 0.5) is 0 Å².